The van der Waals surface area contributed by atoms with Crippen LogP contribution in [0.3, 0.4) is 0 Å². The van der Waals surface area contributed by atoms with E-state index in [1.807, 2.05) is 0 Å². The van der Waals surface area contributed by atoms with Gasteiger partial charge in [0.2, 0.25) is 0 Å². The van der Waals surface area contributed by atoms with Crippen molar-refractivity contribution in [2.45, 2.75) is 5.92 Å². The lowest BCUT2D eigenvalue weighted by molar-refractivity contribution is 0.0606. The van der Waals surface area contributed by atoms with Crippen molar-refractivity contribution in [3.8, 4) is 0 Å². The molecule has 0 unspecified atom stereocenters. The highest BCUT2D eigenvalue weighted by molar-refractivity contribution is 7.13. The molecule has 2 heterocycles. The Kier molecular flexibility index (Phi) is 2.28. The van der Waals surface area contributed by atoms with E-state index >= 15 is 0 Å². The van der Waals surface area contributed by atoms with E-state index in [4.69, 9.17) is 0 Å². The normalized spacial score (nSPS) is 16.7. The number of nitrogens with zero attached hydrogens (tertiary/aromatic N) is 1. The van der Waals surface area contributed by atoms with Gasteiger partial charge in [-0.05, 0) is 0 Å². The molecule has 0 saturated carbocycles. The first-order valence-corrected chi connectivity index (χ1v) is 4.87. The first-order valence-electron chi connectivity index (χ1n) is 4.06. The van der Waals surface area contributed by atoms with Crippen LogP contribution < -0.4 is 5.32 Å². The molecule has 0 radical (unpaired) electrons. The van der Waals surface area contributed by atoms with Gasteiger partial charge in [-0.15, -0.1) is 11.3 Å². The minimum absolute atomic E-state index is 0.295. The molecule has 1 N–H and O–H groups in total. The van der Waals surface area contributed by atoms with E-state index in [9.17, 15) is 4.79 Å². The lowest BCUT2D eigenvalue weighted by atomic mass is 10.1. The fourth-order valence-corrected chi connectivity index (χ4v) is 2.07. The molecule has 1 fully saturated rings. The van der Waals surface area contributed by atoms with Crippen LogP contribution in [0.2, 0.25) is 0 Å². The highest BCUT2D eigenvalue weighted by Gasteiger charge is 2.23. The van der Waals surface area contributed by atoms with Crippen molar-refractivity contribution in [2.24, 2.45) is 0 Å². The Bertz CT molecular complexity index is 320. The zero-order valence-electron chi connectivity index (χ0n) is 7.24. The Labute approximate surface area is 79.9 Å². The SMILES string of the molecule is COC(=O)c1cnc(C2CNC2)s1. The molecular weight excluding hydrogens is 188 g/mol. The van der Waals surface area contributed by atoms with Gasteiger partial charge in [0.15, 0.2) is 0 Å². The molecule has 1 aromatic heterocycles. The summed E-state index contributed by atoms with van der Waals surface area (Å²) in [5.74, 6) is 0.194. The van der Waals surface area contributed by atoms with Crippen molar-refractivity contribution in [3.63, 3.8) is 0 Å². The molecule has 5 heteroatoms. The number of carbonyl (C=O) groups is 1. The minimum Gasteiger partial charge on any atom is -0.465 e. The number of thiazole rings is 1. The van der Waals surface area contributed by atoms with Gasteiger partial charge in [-0.2, -0.15) is 0 Å². The Morgan fingerprint density at radius 2 is 2.54 bits per heavy atom. The largest absolute Gasteiger partial charge is 0.465 e. The average molecular weight is 198 g/mol. The molecule has 0 aromatic carbocycles. The third-order valence-corrected chi connectivity index (χ3v) is 3.18. The molecule has 1 aliphatic rings. The molecule has 2 rings (SSSR count). The van der Waals surface area contributed by atoms with Gasteiger partial charge in [0, 0.05) is 19.0 Å². The second-order valence-electron chi connectivity index (χ2n) is 2.91. The molecule has 13 heavy (non-hydrogen) atoms. The maximum atomic E-state index is 11.1. The first kappa shape index (κ1) is 8.65. The smallest absolute Gasteiger partial charge is 0.349 e. The minimum atomic E-state index is -0.295. The lowest BCUT2D eigenvalue weighted by Gasteiger charge is -2.24. The summed E-state index contributed by atoms with van der Waals surface area (Å²) in [6.07, 6.45) is 1.59. The van der Waals surface area contributed by atoms with Gasteiger partial charge in [0.25, 0.3) is 0 Å². The van der Waals surface area contributed by atoms with E-state index in [1.165, 1.54) is 18.4 Å². The van der Waals surface area contributed by atoms with Gasteiger partial charge >= 0.3 is 5.97 Å². The van der Waals surface area contributed by atoms with E-state index in [0.29, 0.717) is 10.8 Å². The summed E-state index contributed by atoms with van der Waals surface area (Å²) < 4.78 is 4.60. The van der Waals surface area contributed by atoms with E-state index in [-0.39, 0.29) is 5.97 Å². The summed E-state index contributed by atoms with van der Waals surface area (Å²) in [5.41, 5.74) is 0. The van der Waals surface area contributed by atoms with Crippen LogP contribution in [0.5, 0.6) is 0 Å². The molecule has 0 spiro atoms. The Balaban J connectivity index is 2.12. The summed E-state index contributed by atoms with van der Waals surface area (Å²) in [5, 5.41) is 4.19. The van der Waals surface area contributed by atoms with Crippen molar-refractivity contribution in [3.05, 3.63) is 16.1 Å². The van der Waals surface area contributed by atoms with Crippen molar-refractivity contribution in [2.75, 3.05) is 20.2 Å². The van der Waals surface area contributed by atoms with Gasteiger partial charge in [-0.25, -0.2) is 9.78 Å². The number of carbonyl (C=O) groups excluding carboxylic acids is 1. The molecule has 0 atom stereocenters. The van der Waals surface area contributed by atoms with Crippen LogP contribution in [0.4, 0.5) is 0 Å². The maximum absolute atomic E-state index is 11.1. The van der Waals surface area contributed by atoms with Gasteiger partial charge in [-0.1, -0.05) is 0 Å². The van der Waals surface area contributed by atoms with E-state index < -0.39 is 0 Å². The number of methoxy groups -OCH3 is 1. The lowest BCUT2D eigenvalue weighted by Crippen LogP contribution is -2.39. The molecule has 0 aliphatic carbocycles. The number of ether oxygens (including phenoxy) is 1. The molecule has 1 aromatic rings. The van der Waals surface area contributed by atoms with Gasteiger partial charge in [0.05, 0.1) is 18.3 Å². The van der Waals surface area contributed by atoms with Crippen LogP contribution in [0, 0.1) is 0 Å². The second kappa shape index (κ2) is 3.43. The molecule has 0 bridgehead atoms. The Morgan fingerprint density at radius 3 is 3.08 bits per heavy atom. The molecule has 1 aliphatic heterocycles. The highest BCUT2D eigenvalue weighted by Crippen LogP contribution is 2.24. The second-order valence-corrected chi connectivity index (χ2v) is 3.97. The van der Waals surface area contributed by atoms with Gasteiger partial charge in [0.1, 0.15) is 4.88 Å². The van der Waals surface area contributed by atoms with Crippen LogP contribution in [-0.2, 0) is 4.74 Å². The number of aromatic nitrogens is 1. The van der Waals surface area contributed by atoms with E-state index in [2.05, 4.69) is 15.0 Å². The fraction of sp³-hybridized carbons (Fsp3) is 0.500. The maximum Gasteiger partial charge on any atom is 0.349 e. The summed E-state index contributed by atoms with van der Waals surface area (Å²) in [7, 11) is 1.38. The predicted octanol–water partition coefficient (Wildman–Crippen LogP) is 0.617. The fourth-order valence-electron chi connectivity index (χ4n) is 1.13. The number of hydrogen-bond donors (Lipinski definition) is 1. The van der Waals surface area contributed by atoms with E-state index in [0.717, 1.165) is 18.1 Å². The Morgan fingerprint density at radius 1 is 1.77 bits per heavy atom. The quantitative estimate of drug-likeness (QED) is 0.708. The Hall–Kier alpha value is -0.940. The van der Waals surface area contributed by atoms with Crippen molar-refractivity contribution >= 4 is 17.3 Å². The number of rotatable bonds is 2. The molecular formula is C8H10N2O2S. The highest BCUT2D eigenvalue weighted by atomic mass is 32.1. The van der Waals surface area contributed by atoms with E-state index in [1.54, 1.807) is 6.20 Å². The summed E-state index contributed by atoms with van der Waals surface area (Å²) in [6.45, 7) is 1.93. The molecule has 0 amide bonds. The van der Waals surface area contributed by atoms with Gasteiger partial charge < -0.3 is 10.1 Å². The summed E-state index contributed by atoms with van der Waals surface area (Å²) >= 11 is 1.42. The molecule has 1 saturated heterocycles. The van der Waals surface area contributed by atoms with Crippen LogP contribution in [-0.4, -0.2) is 31.2 Å². The first-order chi connectivity index (χ1) is 6.31. The third kappa shape index (κ3) is 1.57. The topological polar surface area (TPSA) is 51.2 Å². The van der Waals surface area contributed by atoms with Crippen molar-refractivity contribution < 1.29 is 9.53 Å². The number of hydrogen-bond acceptors (Lipinski definition) is 5. The summed E-state index contributed by atoms with van der Waals surface area (Å²) in [6, 6.07) is 0. The van der Waals surface area contributed by atoms with Crippen LogP contribution in [0.25, 0.3) is 0 Å². The monoisotopic (exact) mass is 198 g/mol. The zero-order valence-corrected chi connectivity index (χ0v) is 8.06. The van der Waals surface area contributed by atoms with Crippen LogP contribution in [0.1, 0.15) is 20.6 Å². The van der Waals surface area contributed by atoms with Crippen LogP contribution in [0.15, 0.2) is 6.20 Å². The third-order valence-electron chi connectivity index (χ3n) is 2.04. The molecule has 70 valence electrons. The number of esters is 1. The predicted molar refractivity (Wildman–Crippen MR) is 49.1 cm³/mol. The summed E-state index contributed by atoms with van der Waals surface area (Å²) in [4.78, 5) is 15.9. The van der Waals surface area contributed by atoms with Gasteiger partial charge in [-0.3, -0.25) is 0 Å². The van der Waals surface area contributed by atoms with Crippen molar-refractivity contribution in [1.29, 1.82) is 0 Å². The molecule has 4 nitrogen and oxygen atoms in total. The number of nitrogens with one attached hydrogen (secondary N) is 1. The van der Waals surface area contributed by atoms with Crippen molar-refractivity contribution in [1.82, 2.24) is 10.3 Å². The zero-order chi connectivity index (χ0) is 9.26. The standard InChI is InChI=1S/C8H10N2O2S/c1-12-8(11)6-4-10-7(13-6)5-2-9-3-5/h4-5,9H,2-3H2,1H3. The average Bonchev–Trinajstić information content (AvgIpc) is 2.49. The van der Waals surface area contributed by atoms with Crippen LogP contribution >= 0.6 is 11.3 Å².